The van der Waals surface area contributed by atoms with E-state index < -0.39 is 0 Å². The number of methoxy groups -OCH3 is 2. The Hall–Kier alpha value is -5.31. The van der Waals surface area contributed by atoms with Gasteiger partial charge in [-0.1, -0.05) is 42.5 Å². The minimum absolute atomic E-state index is 0.0872. The van der Waals surface area contributed by atoms with E-state index in [2.05, 4.69) is 35.6 Å². The van der Waals surface area contributed by atoms with Crippen LogP contribution in [0.15, 0.2) is 77.8 Å². The zero-order chi connectivity index (χ0) is 35.6. The summed E-state index contributed by atoms with van der Waals surface area (Å²) in [4.78, 5) is 33.6. The zero-order valence-corrected chi connectivity index (χ0v) is 29.9. The topological polar surface area (TPSA) is 98.7 Å². The van der Waals surface area contributed by atoms with Crippen molar-refractivity contribution < 1.29 is 28.5 Å². The second-order valence-electron chi connectivity index (χ2n) is 14.2. The van der Waals surface area contributed by atoms with E-state index in [1.165, 1.54) is 11.1 Å². The van der Waals surface area contributed by atoms with Gasteiger partial charge in [0.1, 0.15) is 0 Å². The summed E-state index contributed by atoms with van der Waals surface area (Å²) in [5.74, 6) is 3.29. The number of unbranched alkanes of at least 4 members (excludes halogenated alkanes) is 2. The van der Waals surface area contributed by atoms with E-state index in [0.29, 0.717) is 71.3 Å². The largest absolute Gasteiger partial charge is 0.493 e. The third kappa shape index (κ3) is 6.60. The summed E-state index contributed by atoms with van der Waals surface area (Å²) < 4.78 is 23.7. The van der Waals surface area contributed by atoms with E-state index in [0.717, 1.165) is 68.4 Å². The van der Waals surface area contributed by atoms with Gasteiger partial charge >= 0.3 is 0 Å². The molecule has 1 aliphatic carbocycles. The van der Waals surface area contributed by atoms with Crippen LogP contribution in [0.2, 0.25) is 0 Å². The quantitative estimate of drug-likeness (QED) is 0.167. The molecule has 9 nitrogen and oxygen atoms in total. The minimum Gasteiger partial charge on any atom is -0.493 e. The van der Waals surface area contributed by atoms with Crippen molar-refractivity contribution in [3.63, 3.8) is 0 Å². The highest BCUT2D eigenvalue weighted by atomic mass is 16.5. The number of anilines is 2. The maximum Gasteiger partial charge on any atom is 0.261 e. The number of carbonyl (C=O) groups excluding carboxylic acids is 2. The van der Waals surface area contributed by atoms with Gasteiger partial charge in [0.2, 0.25) is 0 Å². The van der Waals surface area contributed by atoms with Gasteiger partial charge in [-0.3, -0.25) is 19.5 Å². The van der Waals surface area contributed by atoms with E-state index in [4.69, 9.17) is 23.9 Å². The fourth-order valence-corrected chi connectivity index (χ4v) is 8.27. The van der Waals surface area contributed by atoms with Crippen molar-refractivity contribution in [2.75, 3.05) is 44.2 Å². The molecule has 0 spiro atoms. The van der Waals surface area contributed by atoms with Crippen LogP contribution in [0.4, 0.5) is 17.1 Å². The molecule has 1 N–H and O–H groups in total. The first kappa shape index (κ1) is 33.8. The van der Waals surface area contributed by atoms with E-state index in [-0.39, 0.29) is 17.7 Å². The molecule has 3 aliphatic heterocycles. The molecule has 3 atom stereocenters. The van der Waals surface area contributed by atoms with Gasteiger partial charge in [-0.15, -0.1) is 0 Å². The predicted molar refractivity (Wildman–Crippen MR) is 203 cm³/mol. The fourth-order valence-electron chi connectivity index (χ4n) is 8.27. The van der Waals surface area contributed by atoms with Crippen LogP contribution < -0.4 is 29.2 Å². The second kappa shape index (κ2) is 14.7. The minimum atomic E-state index is -0.114. The van der Waals surface area contributed by atoms with E-state index in [9.17, 15) is 9.59 Å². The molecule has 0 aromatic heterocycles. The Kier molecular flexibility index (Phi) is 9.58. The van der Waals surface area contributed by atoms with Crippen LogP contribution in [0.25, 0.3) is 0 Å². The van der Waals surface area contributed by atoms with Crippen molar-refractivity contribution in [1.29, 1.82) is 0 Å². The number of ether oxygens (including phenoxy) is 4. The van der Waals surface area contributed by atoms with Crippen molar-refractivity contribution in [3.05, 3.63) is 101 Å². The average molecular weight is 700 g/mol. The van der Waals surface area contributed by atoms with Crippen LogP contribution in [0.3, 0.4) is 0 Å². The van der Waals surface area contributed by atoms with Gasteiger partial charge in [-0.2, -0.15) is 0 Å². The first-order chi connectivity index (χ1) is 25.5. The number of nitrogens with one attached hydrogen (secondary N) is 1. The molecular weight excluding hydrogens is 654 g/mol. The maximum atomic E-state index is 13.7. The SMILES string of the molecule is COc1cc2c(cc1OCCCCCOc1cc3c(cc1OC)C(=O)CCC1Cc4ccccc4C[C@H]1CN3)N=C[C@@H]1Cc3ccccc3N1C2=O. The van der Waals surface area contributed by atoms with Crippen LogP contribution in [0.1, 0.15) is 69.5 Å². The Morgan fingerprint density at radius 3 is 2.12 bits per heavy atom. The molecule has 4 aromatic rings. The number of hydrogen-bond acceptors (Lipinski definition) is 8. The van der Waals surface area contributed by atoms with Gasteiger partial charge in [0.05, 0.1) is 44.7 Å². The van der Waals surface area contributed by atoms with Crippen LogP contribution in [0.5, 0.6) is 23.0 Å². The zero-order valence-electron chi connectivity index (χ0n) is 29.9. The maximum absolute atomic E-state index is 13.7. The number of para-hydroxylation sites is 1. The summed E-state index contributed by atoms with van der Waals surface area (Å²) in [5.41, 5.74) is 7.50. The van der Waals surface area contributed by atoms with Crippen molar-refractivity contribution in [2.24, 2.45) is 16.8 Å². The highest BCUT2D eigenvalue weighted by Gasteiger charge is 2.36. The lowest BCUT2D eigenvalue weighted by atomic mass is 9.74. The van der Waals surface area contributed by atoms with E-state index in [1.807, 2.05) is 41.4 Å². The highest BCUT2D eigenvalue weighted by Crippen LogP contribution is 2.42. The first-order valence-electron chi connectivity index (χ1n) is 18.5. The predicted octanol–water partition coefficient (Wildman–Crippen LogP) is 8.04. The van der Waals surface area contributed by atoms with Gasteiger partial charge in [-0.25, -0.2) is 0 Å². The molecule has 1 unspecified atom stereocenters. The number of amides is 1. The van der Waals surface area contributed by atoms with Crippen LogP contribution in [-0.2, 0) is 19.3 Å². The second-order valence-corrected chi connectivity index (χ2v) is 14.2. The molecule has 0 saturated carbocycles. The van der Waals surface area contributed by atoms with Crippen molar-refractivity contribution in [2.45, 2.75) is 57.4 Å². The standard InChI is InChI=1S/C43H45N3O6/c1-49-39-21-33-35(44-25-31-19-28-11-5-4-10-27(28)18-29(31)14-15-38(33)47)23-41(39)51-16-8-3-9-17-52-42-24-36-34(22-40(42)50-2)43(48)46-32(26-45-36)20-30-12-6-7-13-37(30)46/h4-7,10-13,21-24,26,29,31-32,44H,3,8-9,14-20,25H2,1-2H3/t29?,31-,32-/m0/s1. The number of hydrogen-bond donors (Lipinski definition) is 1. The molecule has 0 bridgehead atoms. The molecule has 268 valence electrons. The van der Waals surface area contributed by atoms with Crippen LogP contribution >= 0.6 is 0 Å². The highest BCUT2D eigenvalue weighted by molar-refractivity contribution is 6.14. The molecule has 9 heteroatoms. The van der Waals surface area contributed by atoms with Crippen LogP contribution in [-0.4, -0.2) is 57.9 Å². The molecule has 0 fully saturated rings. The van der Waals surface area contributed by atoms with Gasteiger partial charge in [0, 0.05) is 54.7 Å². The smallest absolute Gasteiger partial charge is 0.261 e. The lowest BCUT2D eigenvalue weighted by Gasteiger charge is -2.33. The average Bonchev–Trinajstić information content (AvgIpc) is 3.51. The normalized spacial score (nSPS) is 20.0. The van der Waals surface area contributed by atoms with Crippen molar-refractivity contribution in [1.82, 2.24) is 0 Å². The Labute approximate surface area is 304 Å². The summed E-state index contributed by atoms with van der Waals surface area (Å²) in [7, 11) is 3.20. The monoisotopic (exact) mass is 699 g/mol. The number of fused-ring (bicyclic) bond motifs is 7. The summed E-state index contributed by atoms with van der Waals surface area (Å²) in [6.45, 7) is 1.80. The van der Waals surface area contributed by atoms with Crippen molar-refractivity contribution >= 4 is 35.0 Å². The fraction of sp³-hybridized carbons (Fsp3) is 0.372. The Bertz CT molecular complexity index is 2020. The first-order valence-corrected chi connectivity index (χ1v) is 18.5. The Morgan fingerprint density at radius 2 is 1.38 bits per heavy atom. The molecule has 8 rings (SSSR count). The molecule has 4 aliphatic rings. The lowest BCUT2D eigenvalue weighted by molar-refractivity contribution is 0.0966. The Morgan fingerprint density at radius 1 is 0.731 bits per heavy atom. The molecule has 0 saturated heterocycles. The van der Waals surface area contributed by atoms with Gasteiger partial charge in [0.15, 0.2) is 28.8 Å². The third-order valence-corrected chi connectivity index (χ3v) is 11.1. The van der Waals surface area contributed by atoms with Crippen LogP contribution in [0, 0.1) is 11.8 Å². The summed E-state index contributed by atoms with van der Waals surface area (Å²) >= 11 is 0. The van der Waals surface area contributed by atoms with E-state index >= 15 is 0 Å². The molecule has 3 heterocycles. The molecule has 52 heavy (non-hydrogen) atoms. The number of ketones is 1. The Balaban J connectivity index is 0.860. The number of aliphatic imine (C=N–C) groups is 1. The molecule has 1 amide bonds. The molecular formula is C43H45N3O6. The number of nitrogens with zero attached hydrogens (tertiary/aromatic N) is 2. The summed E-state index contributed by atoms with van der Waals surface area (Å²) in [5, 5.41) is 3.63. The van der Waals surface area contributed by atoms with Crippen molar-refractivity contribution in [3.8, 4) is 23.0 Å². The van der Waals surface area contributed by atoms with Gasteiger partial charge in [-0.05, 0) is 85.3 Å². The van der Waals surface area contributed by atoms with Gasteiger partial charge in [0.25, 0.3) is 5.91 Å². The molecule has 0 radical (unpaired) electrons. The number of Topliss-reactive ketones (excluding diaryl/α,β-unsaturated/α-hetero) is 1. The summed E-state index contributed by atoms with van der Waals surface area (Å²) in [6.07, 6.45) is 8.60. The van der Waals surface area contributed by atoms with Gasteiger partial charge < -0.3 is 24.3 Å². The van der Waals surface area contributed by atoms with E-state index in [1.54, 1.807) is 26.4 Å². The lowest BCUT2D eigenvalue weighted by Crippen LogP contribution is -2.37. The number of benzene rings is 4. The number of rotatable bonds is 10. The molecule has 4 aromatic carbocycles. The summed E-state index contributed by atoms with van der Waals surface area (Å²) in [6, 6.07) is 23.9. The number of carbonyl (C=O) groups is 2. The third-order valence-electron chi connectivity index (χ3n) is 11.1.